The normalized spacial score (nSPS) is 11.0. The third-order valence-corrected chi connectivity index (χ3v) is 3.74. The zero-order chi connectivity index (χ0) is 13.5. The molecule has 0 amide bonds. The van der Waals surface area contributed by atoms with Crippen molar-refractivity contribution in [2.45, 2.75) is 39.3 Å². The summed E-state index contributed by atoms with van der Waals surface area (Å²) in [6.45, 7) is 5.03. The highest BCUT2D eigenvalue weighted by Gasteiger charge is 2.18. The lowest BCUT2D eigenvalue weighted by atomic mass is 10.1. The molecule has 4 heteroatoms. The molecular formula is C14H22BrNO2. The van der Waals surface area contributed by atoms with Gasteiger partial charge < -0.3 is 15.1 Å². The molecule has 0 unspecified atom stereocenters. The molecule has 18 heavy (non-hydrogen) atoms. The van der Waals surface area contributed by atoms with E-state index in [1.54, 1.807) is 0 Å². The second kappa shape index (κ2) is 7.77. The van der Waals surface area contributed by atoms with E-state index in [4.69, 9.17) is 0 Å². The molecular weight excluding hydrogens is 294 g/mol. The summed E-state index contributed by atoms with van der Waals surface area (Å²) in [5, 5.41) is 18.7. The van der Waals surface area contributed by atoms with Gasteiger partial charge in [-0.2, -0.15) is 0 Å². The summed E-state index contributed by atoms with van der Waals surface area (Å²) in [5.41, 5.74) is 1.91. The van der Waals surface area contributed by atoms with Crippen LogP contribution in [0, 0.1) is 0 Å². The average molecular weight is 316 g/mol. The SMILES string of the molecule is CCC(CC)N(CCO)c1ccc(Br)cc1CO. The van der Waals surface area contributed by atoms with Crippen molar-refractivity contribution in [3.8, 4) is 0 Å². The Labute approximate surface area is 118 Å². The predicted octanol–water partition coefficient (Wildman–Crippen LogP) is 2.93. The van der Waals surface area contributed by atoms with Crippen LogP contribution in [0.4, 0.5) is 5.69 Å². The van der Waals surface area contributed by atoms with Crippen molar-refractivity contribution < 1.29 is 10.2 Å². The van der Waals surface area contributed by atoms with E-state index in [0.29, 0.717) is 12.6 Å². The van der Waals surface area contributed by atoms with E-state index >= 15 is 0 Å². The first-order valence-corrected chi connectivity index (χ1v) is 7.23. The molecule has 0 atom stereocenters. The van der Waals surface area contributed by atoms with Gasteiger partial charge in [0.15, 0.2) is 0 Å². The Morgan fingerprint density at radius 3 is 2.39 bits per heavy atom. The van der Waals surface area contributed by atoms with Gasteiger partial charge in [0.2, 0.25) is 0 Å². The van der Waals surface area contributed by atoms with E-state index < -0.39 is 0 Å². The highest BCUT2D eigenvalue weighted by atomic mass is 79.9. The Kier molecular flexibility index (Phi) is 6.68. The molecule has 1 aromatic carbocycles. The topological polar surface area (TPSA) is 43.7 Å². The number of benzene rings is 1. The van der Waals surface area contributed by atoms with Crippen molar-refractivity contribution in [3.63, 3.8) is 0 Å². The van der Waals surface area contributed by atoms with E-state index in [1.165, 1.54) is 0 Å². The first kappa shape index (κ1) is 15.5. The molecule has 0 saturated carbocycles. The number of hydrogen-bond donors (Lipinski definition) is 2. The van der Waals surface area contributed by atoms with Crippen LogP contribution in [-0.2, 0) is 6.61 Å². The summed E-state index contributed by atoms with van der Waals surface area (Å²) < 4.78 is 0.962. The third kappa shape index (κ3) is 3.70. The predicted molar refractivity (Wildman–Crippen MR) is 78.9 cm³/mol. The van der Waals surface area contributed by atoms with E-state index in [-0.39, 0.29) is 13.2 Å². The monoisotopic (exact) mass is 315 g/mol. The number of rotatable bonds is 7. The molecule has 0 fully saturated rings. The first-order chi connectivity index (χ1) is 8.67. The summed E-state index contributed by atoms with van der Waals surface area (Å²) in [5.74, 6) is 0. The third-order valence-electron chi connectivity index (χ3n) is 3.25. The first-order valence-electron chi connectivity index (χ1n) is 6.44. The van der Waals surface area contributed by atoms with Crippen LogP contribution in [0.3, 0.4) is 0 Å². The number of hydrogen-bond acceptors (Lipinski definition) is 3. The van der Waals surface area contributed by atoms with Gasteiger partial charge in [-0.05, 0) is 31.0 Å². The van der Waals surface area contributed by atoms with Gasteiger partial charge in [0.1, 0.15) is 0 Å². The van der Waals surface area contributed by atoms with Gasteiger partial charge in [-0.25, -0.2) is 0 Å². The van der Waals surface area contributed by atoms with E-state index in [1.807, 2.05) is 18.2 Å². The lowest BCUT2D eigenvalue weighted by Gasteiger charge is -2.33. The smallest absolute Gasteiger partial charge is 0.0702 e. The van der Waals surface area contributed by atoms with Crippen molar-refractivity contribution in [1.29, 1.82) is 0 Å². The molecule has 2 N–H and O–H groups in total. The van der Waals surface area contributed by atoms with Crippen molar-refractivity contribution in [2.75, 3.05) is 18.1 Å². The maximum atomic E-state index is 9.48. The van der Waals surface area contributed by atoms with Crippen LogP contribution in [0.2, 0.25) is 0 Å². The van der Waals surface area contributed by atoms with Gasteiger partial charge in [0.25, 0.3) is 0 Å². The van der Waals surface area contributed by atoms with Crippen molar-refractivity contribution in [2.24, 2.45) is 0 Å². The van der Waals surface area contributed by atoms with E-state index in [2.05, 4.69) is 34.7 Å². The van der Waals surface area contributed by atoms with Crippen LogP contribution >= 0.6 is 15.9 Å². The Hall–Kier alpha value is -0.580. The summed E-state index contributed by atoms with van der Waals surface area (Å²) in [6, 6.07) is 6.30. The molecule has 0 radical (unpaired) electrons. The van der Waals surface area contributed by atoms with Gasteiger partial charge in [-0.1, -0.05) is 29.8 Å². The number of anilines is 1. The molecule has 102 valence electrons. The van der Waals surface area contributed by atoms with Gasteiger partial charge in [0, 0.05) is 28.3 Å². The number of aliphatic hydroxyl groups is 2. The molecule has 1 aromatic rings. The zero-order valence-corrected chi connectivity index (χ0v) is 12.7. The van der Waals surface area contributed by atoms with Crippen LogP contribution in [0.5, 0.6) is 0 Å². The van der Waals surface area contributed by atoms with Crippen LogP contribution in [0.15, 0.2) is 22.7 Å². The number of nitrogens with zero attached hydrogens (tertiary/aromatic N) is 1. The molecule has 0 spiro atoms. The summed E-state index contributed by atoms with van der Waals surface area (Å²) in [4.78, 5) is 2.19. The highest BCUT2D eigenvalue weighted by molar-refractivity contribution is 9.10. The molecule has 0 aliphatic rings. The van der Waals surface area contributed by atoms with Gasteiger partial charge in [-0.15, -0.1) is 0 Å². The molecule has 0 saturated heterocycles. The molecule has 0 bridgehead atoms. The number of aliphatic hydroxyl groups excluding tert-OH is 2. The van der Waals surface area contributed by atoms with E-state index in [9.17, 15) is 10.2 Å². The number of halogens is 1. The highest BCUT2D eigenvalue weighted by Crippen LogP contribution is 2.27. The molecule has 0 aliphatic heterocycles. The lowest BCUT2D eigenvalue weighted by Crippen LogP contribution is -2.37. The maximum absolute atomic E-state index is 9.48. The second-order valence-electron chi connectivity index (χ2n) is 4.32. The minimum Gasteiger partial charge on any atom is -0.395 e. The maximum Gasteiger partial charge on any atom is 0.0702 e. The van der Waals surface area contributed by atoms with Gasteiger partial charge in [0.05, 0.1) is 13.2 Å². The molecule has 1 rings (SSSR count). The second-order valence-corrected chi connectivity index (χ2v) is 5.23. The fourth-order valence-corrected chi connectivity index (χ4v) is 2.71. The Balaban J connectivity index is 3.11. The van der Waals surface area contributed by atoms with Crippen molar-refractivity contribution >= 4 is 21.6 Å². The minimum atomic E-state index is 0.0108. The summed E-state index contributed by atoms with van der Waals surface area (Å²) in [7, 11) is 0. The quantitative estimate of drug-likeness (QED) is 0.813. The fourth-order valence-electron chi connectivity index (χ4n) is 2.30. The van der Waals surface area contributed by atoms with Crippen LogP contribution in [0.1, 0.15) is 32.3 Å². The van der Waals surface area contributed by atoms with E-state index in [0.717, 1.165) is 28.6 Å². The molecule has 0 heterocycles. The van der Waals surface area contributed by atoms with Crippen LogP contribution in [0.25, 0.3) is 0 Å². The summed E-state index contributed by atoms with van der Waals surface area (Å²) in [6.07, 6.45) is 2.05. The lowest BCUT2D eigenvalue weighted by molar-refractivity contribution is 0.279. The molecule has 0 aliphatic carbocycles. The Morgan fingerprint density at radius 1 is 1.22 bits per heavy atom. The summed E-state index contributed by atoms with van der Waals surface area (Å²) >= 11 is 3.42. The Bertz CT molecular complexity index is 367. The standard InChI is InChI=1S/C14H22BrNO2/c1-3-13(4-2)16(7-8-17)14-6-5-12(15)9-11(14)10-18/h5-6,9,13,17-18H,3-4,7-8,10H2,1-2H3. The molecule has 0 aromatic heterocycles. The average Bonchev–Trinajstić information content (AvgIpc) is 2.39. The van der Waals surface area contributed by atoms with Gasteiger partial charge in [-0.3, -0.25) is 0 Å². The van der Waals surface area contributed by atoms with Crippen molar-refractivity contribution in [1.82, 2.24) is 0 Å². The van der Waals surface area contributed by atoms with Crippen LogP contribution < -0.4 is 4.90 Å². The minimum absolute atomic E-state index is 0.0108. The largest absolute Gasteiger partial charge is 0.395 e. The fraction of sp³-hybridized carbons (Fsp3) is 0.571. The van der Waals surface area contributed by atoms with Crippen molar-refractivity contribution in [3.05, 3.63) is 28.2 Å². The molecule has 3 nitrogen and oxygen atoms in total. The Morgan fingerprint density at radius 2 is 1.89 bits per heavy atom. The van der Waals surface area contributed by atoms with Gasteiger partial charge >= 0.3 is 0 Å². The zero-order valence-electron chi connectivity index (χ0n) is 11.1. The van der Waals surface area contributed by atoms with Crippen LogP contribution in [-0.4, -0.2) is 29.4 Å².